The van der Waals surface area contributed by atoms with Gasteiger partial charge in [-0.15, -0.1) is 17.3 Å². The second kappa shape index (κ2) is 9.45. The molecule has 1 unspecified atom stereocenters. The van der Waals surface area contributed by atoms with Crippen molar-refractivity contribution in [2.75, 3.05) is 0 Å². The van der Waals surface area contributed by atoms with Crippen molar-refractivity contribution in [2.45, 2.75) is 39.7 Å². The zero-order valence-corrected chi connectivity index (χ0v) is 17.7. The molecule has 3 rings (SSSR count). The summed E-state index contributed by atoms with van der Waals surface area (Å²) in [4.78, 5) is 12.0. The summed E-state index contributed by atoms with van der Waals surface area (Å²) < 4.78 is 5.98. The summed E-state index contributed by atoms with van der Waals surface area (Å²) in [5, 5.41) is 9.86. The molecule has 1 atom stereocenters. The fourth-order valence-electron chi connectivity index (χ4n) is 3.41. The van der Waals surface area contributed by atoms with Gasteiger partial charge in [0.25, 0.3) is 0 Å². The Balaban J connectivity index is 1.73. The van der Waals surface area contributed by atoms with Gasteiger partial charge in [-0.25, -0.2) is 0 Å². The molecule has 1 heterocycles. The lowest BCUT2D eigenvalue weighted by atomic mass is 9.95. The molecule has 1 N–H and O–H groups in total. The monoisotopic (exact) mass is 404 g/mol. The fourth-order valence-corrected chi connectivity index (χ4v) is 4.32. The summed E-state index contributed by atoms with van der Waals surface area (Å²) in [5.41, 5.74) is 6.06. The van der Waals surface area contributed by atoms with E-state index in [4.69, 9.17) is 9.84 Å². The van der Waals surface area contributed by atoms with Crippen LogP contribution in [0.25, 0.3) is 11.1 Å². The zero-order chi connectivity index (χ0) is 20.8. The van der Waals surface area contributed by atoms with Gasteiger partial charge in [0.1, 0.15) is 6.61 Å². The first-order chi connectivity index (χ1) is 14.0. The minimum Gasteiger partial charge on any atom is -0.481 e. The number of carboxylic acid groups (broad SMARTS) is 1. The number of thiophene rings is 1. The maximum Gasteiger partial charge on any atom is 0.304 e. The van der Waals surface area contributed by atoms with Gasteiger partial charge in [-0.1, -0.05) is 42.3 Å². The Kier molecular flexibility index (Phi) is 6.74. The first-order valence-corrected chi connectivity index (χ1v) is 10.3. The van der Waals surface area contributed by atoms with Gasteiger partial charge in [0.2, 0.25) is 0 Å². The number of hydrogen-bond donors (Lipinski definition) is 1. The minimum absolute atomic E-state index is 0.00137. The largest absolute Gasteiger partial charge is 0.481 e. The number of carbonyl (C=O) groups is 1. The number of rotatable bonds is 7. The molecule has 0 bridgehead atoms. The predicted molar refractivity (Wildman–Crippen MR) is 118 cm³/mol. The Morgan fingerprint density at radius 2 is 1.83 bits per heavy atom. The van der Waals surface area contributed by atoms with Crippen LogP contribution in [0.15, 0.2) is 54.6 Å². The molecule has 0 aliphatic carbocycles. The van der Waals surface area contributed by atoms with Crippen LogP contribution in [0.4, 0.5) is 0 Å². The summed E-state index contributed by atoms with van der Waals surface area (Å²) in [6, 6.07) is 18.5. The predicted octanol–water partition coefficient (Wildman–Crippen LogP) is 6.19. The molecule has 29 heavy (non-hydrogen) atoms. The van der Waals surface area contributed by atoms with E-state index in [2.05, 4.69) is 68.2 Å². The highest BCUT2D eigenvalue weighted by molar-refractivity contribution is 7.13. The van der Waals surface area contributed by atoms with E-state index in [1.807, 2.05) is 12.1 Å². The van der Waals surface area contributed by atoms with Crippen LogP contribution >= 0.6 is 11.3 Å². The van der Waals surface area contributed by atoms with Gasteiger partial charge in [-0.3, -0.25) is 4.79 Å². The standard InChI is InChI=1S/C25H24O3S/c1-4-7-20(15-23(26)27)22-12-13-24(29-22)28-16-19-10-6-11-21(14-19)25-17(2)8-5-9-18(25)3/h5-6,8-14,20H,15-16H2,1-3H3,(H,26,27). The molecule has 1 aromatic heterocycles. The molecule has 148 valence electrons. The first-order valence-electron chi connectivity index (χ1n) is 9.50. The number of hydrogen-bond acceptors (Lipinski definition) is 3. The van der Waals surface area contributed by atoms with Gasteiger partial charge in [0.05, 0.1) is 12.3 Å². The quantitative estimate of drug-likeness (QED) is 0.477. The molecule has 0 radical (unpaired) electrons. The van der Waals surface area contributed by atoms with Crippen LogP contribution in [-0.2, 0) is 11.4 Å². The van der Waals surface area contributed by atoms with Crippen LogP contribution in [0.3, 0.4) is 0 Å². The van der Waals surface area contributed by atoms with E-state index in [9.17, 15) is 4.79 Å². The van der Waals surface area contributed by atoms with Gasteiger partial charge < -0.3 is 9.84 Å². The Morgan fingerprint density at radius 3 is 2.52 bits per heavy atom. The second-order valence-corrected chi connectivity index (χ2v) is 8.04. The highest BCUT2D eigenvalue weighted by Crippen LogP contribution is 2.33. The van der Waals surface area contributed by atoms with Crippen LogP contribution in [0, 0.1) is 25.7 Å². The second-order valence-electron chi connectivity index (χ2n) is 6.96. The Hall–Kier alpha value is -3.03. The van der Waals surface area contributed by atoms with Crippen LogP contribution in [0.2, 0.25) is 0 Å². The highest BCUT2D eigenvalue weighted by atomic mass is 32.1. The summed E-state index contributed by atoms with van der Waals surface area (Å²) >= 11 is 1.46. The van der Waals surface area contributed by atoms with Crippen molar-refractivity contribution in [3.05, 3.63) is 76.2 Å². The fraction of sp³-hybridized carbons (Fsp3) is 0.240. The van der Waals surface area contributed by atoms with E-state index in [0.29, 0.717) is 6.61 Å². The smallest absolute Gasteiger partial charge is 0.304 e. The van der Waals surface area contributed by atoms with Gasteiger partial charge in [-0.2, -0.15) is 0 Å². The number of aryl methyl sites for hydroxylation is 2. The van der Waals surface area contributed by atoms with E-state index in [1.54, 1.807) is 6.92 Å². The van der Waals surface area contributed by atoms with Crippen LogP contribution in [0.1, 0.15) is 40.8 Å². The molecule has 3 nitrogen and oxygen atoms in total. The zero-order valence-electron chi connectivity index (χ0n) is 16.9. The number of aliphatic carboxylic acids is 1. The van der Waals surface area contributed by atoms with Crippen molar-refractivity contribution >= 4 is 17.3 Å². The lowest BCUT2D eigenvalue weighted by Gasteiger charge is -2.12. The van der Waals surface area contributed by atoms with E-state index in [1.165, 1.54) is 33.6 Å². The summed E-state index contributed by atoms with van der Waals surface area (Å²) in [7, 11) is 0. The van der Waals surface area contributed by atoms with Crippen molar-refractivity contribution in [1.29, 1.82) is 0 Å². The number of carboxylic acids is 1. The summed E-state index contributed by atoms with van der Waals surface area (Å²) in [6.45, 7) is 6.45. The molecule has 3 aromatic rings. The molecule has 0 aliphatic heterocycles. The van der Waals surface area contributed by atoms with Crippen molar-refractivity contribution in [3.63, 3.8) is 0 Å². The molecule has 0 saturated heterocycles. The molecule has 0 saturated carbocycles. The van der Waals surface area contributed by atoms with Crippen molar-refractivity contribution in [2.24, 2.45) is 0 Å². The summed E-state index contributed by atoms with van der Waals surface area (Å²) in [5.74, 6) is 4.65. The lowest BCUT2D eigenvalue weighted by Crippen LogP contribution is -2.02. The Bertz CT molecular complexity index is 1050. The van der Waals surface area contributed by atoms with Crippen LogP contribution in [0.5, 0.6) is 5.06 Å². The Morgan fingerprint density at radius 1 is 1.10 bits per heavy atom. The third kappa shape index (κ3) is 5.28. The van der Waals surface area contributed by atoms with Crippen molar-refractivity contribution < 1.29 is 14.6 Å². The molecule has 0 amide bonds. The van der Waals surface area contributed by atoms with E-state index in [0.717, 1.165) is 15.5 Å². The third-order valence-electron chi connectivity index (χ3n) is 4.72. The molecule has 0 fully saturated rings. The normalized spacial score (nSPS) is 11.4. The van der Waals surface area contributed by atoms with Crippen LogP contribution < -0.4 is 4.74 Å². The topological polar surface area (TPSA) is 46.5 Å². The van der Waals surface area contributed by atoms with Crippen molar-refractivity contribution in [3.8, 4) is 28.0 Å². The summed E-state index contributed by atoms with van der Waals surface area (Å²) in [6.07, 6.45) is -0.00137. The molecule has 0 spiro atoms. The maximum atomic E-state index is 11.1. The van der Waals surface area contributed by atoms with Gasteiger partial charge in [0, 0.05) is 4.88 Å². The van der Waals surface area contributed by atoms with E-state index in [-0.39, 0.29) is 12.3 Å². The van der Waals surface area contributed by atoms with Gasteiger partial charge in [-0.05, 0) is 66.8 Å². The average Bonchev–Trinajstić information content (AvgIpc) is 3.15. The number of ether oxygens (including phenoxy) is 1. The minimum atomic E-state index is -0.850. The van der Waals surface area contributed by atoms with Crippen LogP contribution in [-0.4, -0.2) is 11.1 Å². The Labute approximate surface area is 176 Å². The average molecular weight is 405 g/mol. The lowest BCUT2D eigenvalue weighted by molar-refractivity contribution is -0.137. The van der Waals surface area contributed by atoms with E-state index >= 15 is 0 Å². The third-order valence-corrected chi connectivity index (χ3v) is 5.83. The molecule has 0 aliphatic rings. The SMILES string of the molecule is CC#CC(CC(=O)O)c1ccc(OCc2cccc(-c3c(C)cccc3C)c2)s1. The highest BCUT2D eigenvalue weighted by Gasteiger charge is 2.16. The molecule has 2 aromatic carbocycles. The molecule has 4 heteroatoms. The van der Waals surface area contributed by atoms with Crippen molar-refractivity contribution in [1.82, 2.24) is 0 Å². The van der Waals surface area contributed by atoms with E-state index < -0.39 is 5.97 Å². The maximum absolute atomic E-state index is 11.1. The molecular weight excluding hydrogens is 380 g/mol. The number of benzene rings is 2. The first kappa shape index (κ1) is 20.7. The van der Waals surface area contributed by atoms with Gasteiger partial charge >= 0.3 is 5.97 Å². The molecular formula is C25H24O3S. The van der Waals surface area contributed by atoms with Gasteiger partial charge in [0.15, 0.2) is 5.06 Å².